The van der Waals surface area contributed by atoms with Gasteiger partial charge in [0.25, 0.3) is 0 Å². The molecule has 4 aromatic carbocycles. The summed E-state index contributed by atoms with van der Waals surface area (Å²) in [5.41, 5.74) is -6.00. The molecular formula is C53H20F4N6O6S4. The van der Waals surface area contributed by atoms with E-state index in [0.29, 0.717) is 57.7 Å². The van der Waals surface area contributed by atoms with Crippen molar-refractivity contribution in [3.8, 4) is 24.3 Å². The van der Waals surface area contributed by atoms with Gasteiger partial charge in [-0.1, -0.05) is 60.7 Å². The first-order valence-corrected chi connectivity index (χ1v) is 24.5. The highest BCUT2D eigenvalue weighted by Crippen LogP contribution is 2.59. The van der Waals surface area contributed by atoms with Crippen LogP contribution in [0.5, 0.6) is 0 Å². The van der Waals surface area contributed by atoms with Crippen LogP contribution in [0.15, 0.2) is 118 Å². The predicted molar refractivity (Wildman–Crippen MR) is 265 cm³/mol. The van der Waals surface area contributed by atoms with E-state index in [2.05, 4.69) is 9.98 Å². The zero-order valence-electron chi connectivity index (χ0n) is 36.4. The lowest BCUT2D eigenvalue weighted by Crippen LogP contribution is -2.46. The lowest BCUT2D eigenvalue weighted by atomic mass is 9.81. The number of allylic oxidation sites excluding steroid dienone is 4. The van der Waals surface area contributed by atoms with Gasteiger partial charge in [0.05, 0.1) is 29.2 Å². The van der Waals surface area contributed by atoms with Crippen LogP contribution < -0.4 is 0 Å². The predicted octanol–water partition coefficient (Wildman–Crippen LogP) is 11.9. The molecule has 4 heterocycles. The molecule has 0 saturated carbocycles. The minimum absolute atomic E-state index is 0.0806. The van der Waals surface area contributed by atoms with E-state index in [1.54, 1.807) is 91.0 Å². The highest BCUT2D eigenvalue weighted by molar-refractivity contribution is 7.45. The number of esters is 2. The Morgan fingerprint density at radius 1 is 0.548 bits per heavy atom. The first-order valence-electron chi connectivity index (χ1n) is 21.2. The van der Waals surface area contributed by atoms with E-state index in [0.717, 1.165) is 22.1 Å². The van der Waals surface area contributed by atoms with Crippen LogP contribution in [0, 0.1) is 68.6 Å². The largest absolute Gasteiger partial charge is 0.459 e. The number of ketones is 2. The van der Waals surface area contributed by atoms with Crippen molar-refractivity contribution in [3.63, 3.8) is 0 Å². The number of rotatable bonds is 8. The molecule has 0 fully saturated rings. The number of hydrogen-bond donors (Lipinski definition) is 0. The Kier molecular flexibility index (Phi) is 11.2. The lowest BCUT2D eigenvalue weighted by molar-refractivity contribution is -0.164. The van der Waals surface area contributed by atoms with Crippen molar-refractivity contribution >= 4 is 131 Å². The maximum absolute atomic E-state index is 15.3. The number of aliphatic imine (C=N–C) groups is 2. The van der Waals surface area contributed by atoms with E-state index in [1.165, 1.54) is 40.1 Å². The van der Waals surface area contributed by atoms with E-state index in [1.807, 2.05) is 0 Å². The monoisotopic (exact) mass is 1040 g/mol. The number of carbonyl (C=O) groups excluding carboxylic acids is 4. The average molecular weight is 1040 g/mol. The summed E-state index contributed by atoms with van der Waals surface area (Å²) in [5, 5.41) is 40.0. The molecule has 0 bridgehead atoms. The number of nitriles is 4. The summed E-state index contributed by atoms with van der Waals surface area (Å²) in [6.07, 6.45) is 1.40. The molecule has 12 nitrogen and oxygen atoms in total. The van der Waals surface area contributed by atoms with Crippen molar-refractivity contribution in [3.05, 3.63) is 175 Å². The van der Waals surface area contributed by atoms with E-state index < -0.39 is 85.9 Å². The van der Waals surface area contributed by atoms with Crippen molar-refractivity contribution in [2.45, 2.75) is 18.6 Å². The van der Waals surface area contributed by atoms with Gasteiger partial charge in [-0.15, -0.1) is 45.3 Å². The number of Topliss-reactive ketones (excluding diaryl/α,β-unsaturated/α-hetero) is 2. The molecule has 3 aliphatic rings. The molecule has 0 aliphatic heterocycles. The Bertz CT molecular complexity index is 4140. The molecular weight excluding hydrogens is 1020 g/mol. The van der Waals surface area contributed by atoms with Gasteiger partial charge >= 0.3 is 11.9 Å². The normalized spacial score (nSPS) is 15.3. The molecule has 0 N–H and O–H groups in total. The first-order chi connectivity index (χ1) is 35.3. The molecule has 3 aliphatic carbocycles. The second-order valence-electron chi connectivity index (χ2n) is 16.2. The quantitative estimate of drug-likeness (QED) is 0.0609. The van der Waals surface area contributed by atoms with Gasteiger partial charge in [-0.25, -0.2) is 27.5 Å². The minimum atomic E-state index is -2.63. The molecule has 11 rings (SSSR count). The summed E-state index contributed by atoms with van der Waals surface area (Å²) >= 11 is 4.79. The van der Waals surface area contributed by atoms with Crippen LogP contribution in [0.4, 0.5) is 22.6 Å². The summed E-state index contributed by atoms with van der Waals surface area (Å²) < 4.78 is 74.2. The van der Waals surface area contributed by atoms with Crippen molar-refractivity contribution in [1.29, 1.82) is 21.0 Å². The van der Waals surface area contributed by atoms with Crippen LogP contribution in [0.2, 0.25) is 0 Å². The Hall–Kier alpha value is -9.02. The smallest absolute Gasteiger partial charge is 0.334 e. The van der Waals surface area contributed by atoms with Crippen LogP contribution >= 0.6 is 45.3 Å². The number of halogens is 4. The van der Waals surface area contributed by atoms with Gasteiger partial charge in [-0.3, -0.25) is 19.2 Å². The molecule has 0 saturated heterocycles. The Morgan fingerprint density at radius 2 is 1.00 bits per heavy atom. The maximum atomic E-state index is 15.3. The van der Waals surface area contributed by atoms with Crippen LogP contribution in [-0.2, 0) is 37.7 Å². The molecule has 0 spiro atoms. The van der Waals surface area contributed by atoms with Gasteiger partial charge in [0.15, 0.2) is 23.3 Å². The maximum Gasteiger partial charge on any atom is 0.334 e. The molecule has 20 heteroatoms. The molecule has 0 unspecified atom stereocenters. The number of carbonyl (C=O) groups is 4. The van der Waals surface area contributed by atoms with Crippen molar-refractivity contribution in [2.24, 2.45) is 9.98 Å². The van der Waals surface area contributed by atoms with Gasteiger partial charge in [0.1, 0.15) is 65.1 Å². The fraction of sp³-hybridized carbons (Fsp3) is 0.0566. The van der Waals surface area contributed by atoms with Crippen LogP contribution in [0.3, 0.4) is 0 Å². The lowest BCUT2D eigenvalue weighted by Gasteiger charge is -2.27. The molecule has 0 amide bonds. The van der Waals surface area contributed by atoms with Gasteiger partial charge in [0.2, 0.25) is 17.0 Å². The SMILES string of the molecule is N#CC(C#N)=C1/C(=N/C2=Cc3sc4c(sc5c6sc(/N=C7/C(=O)c8cc(F)c(F)cc8C7=C(C#N)C#N)cc6sc45)c3C2(C(=O)OCc2ccccc2)C(=O)OCc2ccccc2)C(=O)c2cc(F)c(F)cc21. The molecule has 4 aromatic heterocycles. The number of thiophene rings is 4. The Balaban J connectivity index is 1.11. The Morgan fingerprint density at radius 3 is 1.49 bits per heavy atom. The molecule has 8 aromatic rings. The van der Waals surface area contributed by atoms with Crippen molar-refractivity contribution < 1.29 is 46.2 Å². The first kappa shape index (κ1) is 46.4. The molecule has 350 valence electrons. The third-order valence-corrected chi connectivity index (χ3v) is 17.4. The number of nitrogens with zero attached hydrogens (tertiary/aromatic N) is 6. The average Bonchev–Trinajstić information content (AvgIpc) is 4.27. The minimum Gasteiger partial charge on any atom is -0.459 e. The highest BCUT2D eigenvalue weighted by atomic mass is 32.1. The van der Waals surface area contributed by atoms with Crippen molar-refractivity contribution in [1.82, 2.24) is 0 Å². The third-order valence-electron chi connectivity index (χ3n) is 12.1. The fourth-order valence-corrected chi connectivity index (χ4v) is 14.7. The van der Waals surface area contributed by atoms with Crippen LogP contribution in [-0.4, -0.2) is 34.9 Å². The van der Waals surface area contributed by atoms with Crippen molar-refractivity contribution in [2.75, 3.05) is 0 Å². The number of ether oxygens (including phenoxy) is 2. The van der Waals surface area contributed by atoms with Crippen LogP contribution in [0.1, 0.15) is 53.4 Å². The summed E-state index contributed by atoms with van der Waals surface area (Å²) in [5.74, 6) is -9.59. The topological polar surface area (TPSA) is 207 Å². The second kappa shape index (κ2) is 17.7. The van der Waals surface area contributed by atoms with Gasteiger partial charge in [-0.2, -0.15) is 21.0 Å². The Labute approximate surface area is 423 Å². The third kappa shape index (κ3) is 7.15. The summed E-state index contributed by atoms with van der Waals surface area (Å²) in [6.45, 7) is -0.694. The number of fused-ring (bicyclic) bond motifs is 9. The standard InChI is InChI=1S/C53H20F4N6O6S4/c54-31-11-27-29(13-33(31)56)44(64)42(39(27)25(17-58)18-59)62-37-15-35-41(53(37,51(66)68-21-23-7-3-1-4-8-23)52(67)69-22-24-9-5-2-6-10-24)47-49(70-35)50-48(73-47)46-36(71-50)16-38(72-46)63-43-40(26(19-60)20-61)28-12-32(55)34(57)14-30(28)45(43)65/h1-16H,21-22H2/b62-42-,63-43+. The van der Waals surface area contributed by atoms with E-state index in [4.69, 9.17) is 9.47 Å². The van der Waals surface area contributed by atoms with Gasteiger partial charge in [0, 0.05) is 48.5 Å². The molecule has 0 atom stereocenters. The highest BCUT2D eigenvalue weighted by Gasteiger charge is 2.60. The molecule has 0 radical (unpaired) electrons. The number of benzene rings is 4. The van der Waals surface area contributed by atoms with E-state index in [-0.39, 0.29) is 51.8 Å². The van der Waals surface area contributed by atoms with E-state index >= 15 is 9.59 Å². The summed E-state index contributed by atoms with van der Waals surface area (Å²) in [6, 6.07) is 28.3. The second-order valence-corrected chi connectivity index (χ2v) is 20.3. The van der Waals surface area contributed by atoms with Gasteiger partial charge in [-0.05, 0) is 47.5 Å². The van der Waals surface area contributed by atoms with Crippen LogP contribution in [0.25, 0.3) is 45.4 Å². The molecule has 73 heavy (non-hydrogen) atoms. The number of hydrogen-bond acceptors (Lipinski definition) is 16. The van der Waals surface area contributed by atoms with Gasteiger partial charge < -0.3 is 9.47 Å². The fourth-order valence-electron chi connectivity index (χ4n) is 8.87. The zero-order chi connectivity index (χ0) is 51.0. The summed E-state index contributed by atoms with van der Waals surface area (Å²) in [4.78, 5) is 68.2. The summed E-state index contributed by atoms with van der Waals surface area (Å²) in [7, 11) is 0. The van der Waals surface area contributed by atoms with E-state index in [9.17, 15) is 48.2 Å². The zero-order valence-corrected chi connectivity index (χ0v) is 39.7.